The number of amides is 1. The van der Waals surface area contributed by atoms with E-state index in [1.807, 2.05) is 25.1 Å². The van der Waals surface area contributed by atoms with Crippen LogP contribution in [0.2, 0.25) is 0 Å². The maximum absolute atomic E-state index is 13.4. The topological polar surface area (TPSA) is 90.3 Å². The van der Waals surface area contributed by atoms with Crippen LogP contribution < -0.4 is 10.9 Å². The lowest BCUT2D eigenvalue weighted by Crippen LogP contribution is -2.26. The summed E-state index contributed by atoms with van der Waals surface area (Å²) in [6.45, 7) is 3.83. The van der Waals surface area contributed by atoms with Gasteiger partial charge in [-0.2, -0.15) is 9.78 Å². The van der Waals surface area contributed by atoms with Crippen molar-refractivity contribution in [1.29, 1.82) is 0 Å². The summed E-state index contributed by atoms with van der Waals surface area (Å²) in [5.74, 6) is -0.316. The summed E-state index contributed by atoms with van der Waals surface area (Å²) in [5.41, 5.74) is 1.19. The maximum atomic E-state index is 13.4. The van der Waals surface area contributed by atoms with Crippen molar-refractivity contribution in [2.24, 2.45) is 5.92 Å². The summed E-state index contributed by atoms with van der Waals surface area (Å²) in [7, 11) is 0. The SMILES string of the molecule is CCOC(=O)c1nn(-c2cccc(C)c2)c(=O)c2c(NC(=O)CC3CCCCC3)scc12. The van der Waals surface area contributed by atoms with Gasteiger partial charge in [0.15, 0.2) is 5.69 Å². The molecule has 1 aromatic carbocycles. The van der Waals surface area contributed by atoms with Crippen LogP contribution in [-0.2, 0) is 9.53 Å². The van der Waals surface area contributed by atoms with E-state index in [4.69, 9.17) is 4.74 Å². The number of carbonyl (C=O) groups is 2. The lowest BCUT2D eigenvalue weighted by Gasteiger charge is -2.20. The molecule has 1 aliphatic rings. The van der Waals surface area contributed by atoms with Crippen molar-refractivity contribution in [2.45, 2.75) is 52.4 Å². The normalized spacial score (nSPS) is 14.4. The monoisotopic (exact) mass is 453 g/mol. The van der Waals surface area contributed by atoms with E-state index in [1.54, 1.807) is 18.4 Å². The van der Waals surface area contributed by atoms with Gasteiger partial charge in [-0.15, -0.1) is 11.3 Å². The number of fused-ring (bicyclic) bond motifs is 1. The molecule has 0 radical (unpaired) electrons. The highest BCUT2D eigenvalue weighted by Crippen LogP contribution is 2.32. The Labute approximate surface area is 190 Å². The van der Waals surface area contributed by atoms with E-state index in [0.29, 0.717) is 28.4 Å². The van der Waals surface area contributed by atoms with Crippen LogP contribution in [0.3, 0.4) is 0 Å². The Morgan fingerprint density at radius 1 is 1.25 bits per heavy atom. The minimum atomic E-state index is -0.600. The molecule has 1 saturated carbocycles. The van der Waals surface area contributed by atoms with Crippen LogP contribution in [0.5, 0.6) is 0 Å². The predicted molar refractivity (Wildman–Crippen MR) is 126 cm³/mol. The average Bonchev–Trinajstić information content (AvgIpc) is 3.19. The summed E-state index contributed by atoms with van der Waals surface area (Å²) in [5, 5.41) is 10.1. The molecule has 0 bridgehead atoms. The Hall–Kier alpha value is -3.00. The number of rotatable bonds is 6. The number of carbonyl (C=O) groups excluding carboxylic acids is 2. The zero-order chi connectivity index (χ0) is 22.7. The van der Waals surface area contributed by atoms with Crippen LogP contribution in [0.1, 0.15) is 61.5 Å². The van der Waals surface area contributed by atoms with Gasteiger partial charge in [0, 0.05) is 17.2 Å². The van der Waals surface area contributed by atoms with E-state index in [0.717, 1.165) is 31.2 Å². The molecule has 0 unspecified atom stereocenters. The van der Waals surface area contributed by atoms with Crippen LogP contribution in [0.4, 0.5) is 5.00 Å². The van der Waals surface area contributed by atoms with Gasteiger partial charge in [0.1, 0.15) is 5.00 Å². The number of hydrogen-bond acceptors (Lipinski definition) is 6. The lowest BCUT2D eigenvalue weighted by molar-refractivity contribution is -0.117. The van der Waals surface area contributed by atoms with Gasteiger partial charge in [0.05, 0.1) is 17.7 Å². The zero-order valence-corrected chi connectivity index (χ0v) is 19.2. The van der Waals surface area contributed by atoms with Gasteiger partial charge in [-0.25, -0.2) is 4.79 Å². The fraction of sp³-hybridized carbons (Fsp3) is 0.417. The van der Waals surface area contributed by atoms with E-state index >= 15 is 0 Å². The van der Waals surface area contributed by atoms with Crippen molar-refractivity contribution < 1.29 is 14.3 Å². The molecule has 0 spiro atoms. The summed E-state index contributed by atoms with van der Waals surface area (Å²) >= 11 is 1.23. The molecule has 1 fully saturated rings. The number of thiophene rings is 1. The van der Waals surface area contributed by atoms with Gasteiger partial charge in [-0.05, 0) is 50.3 Å². The minimum absolute atomic E-state index is 0.0620. The third-order valence-corrected chi connectivity index (χ3v) is 6.71. The number of ether oxygens (including phenoxy) is 1. The molecular weight excluding hydrogens is 426 g/mol. The third kappa shape index (κ3) is 4.60. The standard InChI is InChI=1S/C24H27N3O4S/c1-3-31-24(30)21-18-14-32-22(25-19(28)13-16-9-5-4-6-10-16)20(18)23(29)27(26-21)17-11-7-8-15(2)12-17/h7-8,11-12,14,16H,3-6,9-10,13H2,1-2H3,(H,25,28). The van der Waals surface area contributed by atoms with E-state index in [1.165, 1.54) is 22.4 Å². The number of nitrogens with zero attached hydrogens (tertiary/aromatic N) is 2. The summed E-state index contributed by atoms with van der Waals surface area (Å²) < 4.78 is 6.40. The first-order valence-electron chi connectivity index (χ1n) is 11.1. The van der Waals surface area contributed by atoms with Gasteiger partial charge in [-0.1, -0.05) is 31.4 Å². The Bertz CT molecular complexity index is 1210. The number of nitrogens with one attached hydrogen (secondary N) is 1. The van der Waals surface area contributed by atoms with Gasteiger partial charge >= 0.3 is 5.97 Å². The van der Waals surface area contributed by atoms with E-state index < -0.39 is 5.97 Å². The zero-order valence-electron chi connectivity index (χ0n) is 18.3. The Morgan fingerprint density at radius 2 is 2.03 bits per heavy atom. The van der Waals surface area contributed by atoms with E-state index in [9.17, 15) is 14.4 Å². The molecule has 4 rings (SSSR count). The molecule has 3 aromatic rings. The molecule has 0 aliphatic heterocycles. The number of anilines is 1. The van der Waals surface area contributed by atoms with Crippen LogP contribution in [0.25, 0.3) is 16.5 Å². The van der Waals surface area contributed by atoms with Crippen molar-refractivity contribution in [3.8, 4) is 5.69 Å². The highest BCUT2D eigenvalue weighted by Gasteiger charge is 2.24. The highest BCUT2D eigenvalue weighted by atomic mass is 32.1. The maximum Gasteiger partial charge on any atom is 0.359 e. The molecule has 0 saturated heterocycles. The molecule has 1 aliphatic carbocycles. The largest absolute Gasteiger partial charge is 0.461 e. The van der Waals surface area contributed by atoms with Gasteiger partial charge in [-0.3, -0.25) is 9.59 Å². The summed E-state index contributed by atoms with van der Waals surface area (Å²) in [6.07, 6.45) is 6.13. The quantitative estimate of drug-likeness (QED) is 0.539. The smallest absolute Gasteiger partial charge is 0.359 e. The van der Waals surface area contributed by atoms with Crippen LogP contribution >= 0.6 is 11.3 Å². The number of hydrogen-bond donors (Lipinski definition) is 1. The Morgan fingerprint density at radius 3 is 2.75 bits per heavy atom. The van der Waals surface area contributed by atoms with Gasteiger partial charge < -0.3 is 10.1 Å². The molecule has 2 aromatic heterocycles. The van der Waals surface area contributed by atoms with Crippen molar-refractivity contribution in [1.82, 2.24) is 9.78 Å². The molecule has 2 heterocycles. The molecule has 32 heavy (non-hydrogen) atoms. The predicted octanol–water partition coefficient (Wildman–Crippen LogP) is 4.84. The second-order valence-electron chi connectivity index (χ2n) is 8.23. The molecule has 1 amide bonds. The molecule has 7 nitrogen and oxygen atoms in total. The molecule has 0 atom stereocenters. The second-order valence-corrected chi connectivity index (χ2v) is 9.11. The molecule has 1 N–H and O–H groups in total. The first-order chi connectivity index (χ1) is 15.5. The van der Waals surface area contributed by atoms with Gasteiger partial charge in [0.2, 0.25) is 5.91 Å². The van der Waals surface area contributed by atoms with Crippen LogP contribution in [0.15, 0.2) is 34.4 Å². The molecular formula is C24H27N3O4S. The Balaban J connectivity index is 1.77. The lowest BCUT2D eigenvalue weighted by atomic mass is 9.87. The third-order valence-electron chi connectivity index (χ3n) is 5.82. The number of esters is 1. The molecule has 8 heteroatoms. The van der Waals surface area contributed by atoms with Crippen molar-refractivity contribution >= 4 is 39.0 Å². The highest BCUT2D eigenvalue weighted by molar-refractivity contribution is 7.16. The second kappa shape index (κ2) is 9.65. The van der Waals surface area contributed by atoms with Crippen molar-refractivity contribution in [2.75, 3.05) is 11.9 Å². The first-order valence-corrected chi connectivity index (χ1v) is 11.9. The van der Waals surface area contributed by atoms with Crippen molar-refractivity contribution in [3.05, 3.63) is 51.3 Å². The van der Waals surface area contributed by atoms with Gasteiger partial charge in [0.25, 0.3) is 5.56 Å². The number of aromatic nitrogens is 2. The van der Waals surface area contributed by atoms with Crippen LogP contribution in [-0.4, -0.2) is 28.3 Å². The van der Waals surface area contributed by atoms with E-state index in [2.05, 4.69) is 10.4 Å². The fourth-order valence-corrected chi connectivity index (χ4v) is 5.21. The molecule has 168 valence electrons. The minimum Gasteiger partial charge on any atom is -0.461 e. The average molecular weight is 454 g/mol. The number of aryl methyl sites for hydroxylation is 1. The number of benzene rings is 1. The fourth-order valence-electron chi connectivity index (χ4n) is 4.26. The van der Waals surface area contributed by atoms with E-state index in [-0.39, 0.29) is 29.2 Å². The van der Waals surface area contributed by atoms with Crippen LogP contribution in [0, 0.1) is 12.8 Å². The summed E-state index contributed by atoms with van der Waals surface area (Å²) in [4.78, 5) is 38.8. The van der Waals surface area contributed by atoms with Crippen molar-refractivity contribution in [3.63, 3.8) is 0 Å². The summed E-state index contributed by atoms with van der Waals surface area (Å²) in [6, 6.07) is 7.33. The first kappa shape index (κ1) is 22.2. The Kier molecular flexibility index (Phi) is 6.69.